The third-order valence-corrected chi connectivity index (χ3v) is 6.27. The monoisotopic (exact) mass is 481 g/mol. The molecule has 1 aliphatic carbocycles. The summed E-state index contributed by atoms with van der Waals surface area (Å²) in [5, 5.41) is 10.4. The molecule has 4 rings (SSSR count). The van der Waals surface area contributed by atoms with Gasteiger partial charge >= 0.3 is 5.69 Å². The number of halogens is 2. The Bertz CT molecular complexity index is 1440. The van der Waals surface area contributed by atoms with Crippen molar-refractivity contribution in [3.8, 4) is 11.8 Å². The Hall–Kier alpha value is -4.04. The van der Waals surface area contributed by atoms with Gasteiger partial charge in [0.05, 0.1) is 35.0 Å². The molecule has 0 atom stereocenters. The molecule has 0 aliphatic heterocycles. The molecule has 4 N–H and O–H groups in total. The maximum atomic E-state index is 14.1. The molecule has 35 heavy (non-hydrogen) atoms. The van der Waals surface area contributed by atoms with Crippen molar-refractivity contribution in [1.29, 1.82) is 5.26 Å². The van der Waals surface area contributed by atoms with E-state index < -0.39 is 22.9 Å². The minimum atomic E-state index is -1.20. The molecule has 3 aromatic rings. The van der Waals surface area contributed by atoms with Crippen LogP contribution in [0.25, 0.3) is 5.69 Å². The van der Waals surface area contributed by atoms with E-state index in [1.807, 2.05) is 6.07 Å². The number of hydrogen-bond donors (Lipinski definition) is 2. The number of nitriles is 1. The van der Waals surface area contributed by atoms with E-state index >= 15 is 0 Å². The first-order chi connectivity index (χ1) is 16.7. The maximum Gasteiger partial charge on any atom is 0.336 e. The molecular weight excluding hydrogens is 456 g/mol. The minimum Gasteiger partial charge on any atom is -0.397 e. The highest BCUT2D eigenvalue weighted by atomic mass is 19.2. The van der Waals surface area contributed by atoms with Gasteiger partial charge in [0, 0.05) is 24.2 Å². The van der Waals surface area contributed by atoms with E-state index in [1.165, 1.54) is 10.8 Å². The molecule has 2 aromatic heterocycles. The number of hydrogen-bond acceptors (Lipinski definition) is 7. The predicted octanol–water partition coefficient (Wildman–Crippen LogP) is 3.15. The largest absolute Gasteiger partial charge is 0.397 e. The summed E-state index contributed by atoms with van der Waals surface area (Å²) in [5.74, 6) is 3.77. The smallest absolute Gasteiger partial charge is 0.336 e. The molecule has 0 amide bonds. The number of rotatable bonds is 5. The molecule has 11 heteroatoms. The molecule has 1 saturated carbocycles. The first-order valence-corrected chi connectivity index (χ1v) is 11.2. The molecule has 182 valence electrons. The minimum absolute atomic E-state index is 0.133. The van der Waals surface area contributed by atoms with E-state index in [2.05, 4.69) is 4.98 Å². The number of benzene rings is 1. The van der Waals surface area contributed by atoms with Crippen molar-refractivity contribution < 1.29 is 8.78 Å². The lowest BCUT2D eigenvalue weighted by molar-refractivity contribution is 0.419. The zero-order valence-electron chi connectivity index (χ0n) is 19.2. The molecule has 1 aliphatic rings. The van der Waals surface area contributed by atoms with Crippen LogP contribution in [0, 0.1) is 29.9 Å². The first kappa shape index (κ1) is 24.1. The number of nitrogens with zero attached hydrogens (tertiary/aromatic N) is 5. The van der Waals surface area contributed by atoms with Gasteiger partial charge in [0.15, 0.2) is 11.6 Å². The normalized spacial score (nSPS) is 14.0. The second-order valence-corrected chi connectivity index (χ2v) is 8.65. The lowest BCUT2D eigenvalue weighted by atomic mass is 9.85. The van der Waals surface area contributed by atoms with Gasteiger partial charge in [0.2, 0.25) is 0 Å². The van der Waals surface area contributed by atoms with Crippen molar-refractivity contribution in [2.24, 2.45) is 5.84 Å². The lowest BCUT2D eigenvalue weighted by Crippen LogP contribution is -2.46. The molecule has 0 saturated heterocycles. The Morgan fingerprint density at radius 3 is 2.49 bits per heavy atom. The number of aryl methyl sites for hydroxylation is 1. The van der Waals surface area contributed by atoms with Gasteiger partial charge in [-0.1, -0.05) is 19.3 Å². The van der Waals surface area contributed by atoms with Gasteiger partial charge in [0.25, 0.3) is 5.56 Å². The number of aromatic nitrogens is 3. The van der Waals surface area contributed by atoms with Crippen molar-refractivity contribution in [2.75, 3.05) is 10.7 Å². The molecule has 0 spiro atoms. The zero-order chi connectivity index (χ0) is 25.3. The third-order valence-electron chi connectivity index (χ3n) is 6.27. The Labute approximate surface area is 199 Å². The topological polar surface area (TPSA) is 136 Å². The fraction of sp³-hybridized carbons (Fsp3) is 0.333. The van der Waals surface area contributed by atoms with Crippen LogP contribution in [0.5, 0.6) is 0 Å². The zero-order valence-corrected chi connectivity index (χ0v) is 19.2. The van der Waals surface area contributed by atoms with Gasteiger partial charge in [-0.25, -0.2) is 24.0 Å². The maximum absolute atomic E-state index is 14.1. The molecule has 0 radical (unpaired) electrons. The van der Waals surface area contributed by atoms with Crippen LogP contribution in [0.1, 0.15) is 49.3 Å². The van der Waals surface area contributed by atoms with Crippen LogP contribution in [0.4, 0.5) is 25.8 Å². The van der Waals surface area contributed by atoms with E-state index in [4.69, 9.17) is 11.6 Å². The summed E-state index contributed by atoms with van der Waals surface area (Å²) in [4.78, 5) is 31.6. The van der Waals surface area contributed by atoms with Gasteiger partial charge in [-0.3, -0.25) is 19.4 Å². The Morgan fingerprint density at radius 1 is 1.14 bits per heavy atom. The fourth-order valence-corrected chi connectivity index (χ4v) is 4.66. The van der Waals surface area contributed by atoms with Crippen molar-refractivity contribution in [1.82, 2.24) is 14.1 Å². The molecule has 2 heterocycles. The molecular formula is C24H25F2N7O2. The Kier molecular flexibility index (Phi) is 6.66. The summed E-state index contributed by atoms with van der Waals surface area (Å²) in [5.41, 5.74) is 5.16. The third kappa shape index (κ3) is 4.40. The number of hydrazine groups is 1. The Balaban J connectivity index is 2.09. The summed E-state index contributed by atoms with van der Waals surface area (Å²) < 4.78 is 30.0. The summed E-state index contributed by atoms with van der Waals surface area (Å²) in [6.45, 7) is 1.42. The lowest BCUT2D eigenvalue weighted by Gasteiger charge is -2.31. The standard InChI is InChI=1S/C24H25F2N7O2/c1-14-9-16(13-30-12-14)32-23(34)22(33(29)20-11-18(26)17(25)10-19(20)28)21(15-5-3-2-4-6-15)31(8-7-27)24(32)35/h9-13,15H,2-6,8,28-29H2,1H3. The van der Waals surface area contributed by atoms with Crippen LogP contribution in [-0.4, -0.2) is 14.1 Å². The van der Waals surface area contributed by atoms with Crippen molar-refractivity contribution in [3.63, 3.8) is 0 Å². The van der Waals surface area contributed by atoms with E-state index in [0.29, 0.717) is 18.4 Å². The molecule has 1 aromatic carbocycles. The quantitative estimate of drug-likeness (QED) is 0.325. The van der Waals surface area contributed by atoms with Crippen LogP contribution < -0.4 is 27.8 Å². The van der Waals surface area contributed by atoms with Crippen LogP contribution in [0.2, 0.25) is 0 Å². The average molecular weight is 482 g/mol. The SMILES string of the molecule is Cc1cncc(-n2c(=O)c(N(N)c3cc(F)c(F)cc3N)c(C3CCCCC3)n(CC#N)c2=O)c1. The van der Waals surface area contributed by atoms with E-state index in [1.54, 1.807) is 19.2 Å². The molecule has 0 unspecified atom stereocenters. The van der Waals surface area contributed by atoms with Gasteiger partial charge in [-0.2, -0.15) is 5.26 Å². The van der Waals surface area contributed by atoms with Crippen LogP contribution in [-0.2, 0) is 6.54 Å². The highest BCUT2D eigenvalue weighted by Crippen LogP contribution is 2.38. The average Bonchev–Trinajstić information content (AvgIpc) is 2.83. The summed E-state index contributed by atoms with van der Waals surface area (Å²) in [6.07, 6.45) is 7.01. The van der Waals surface area contributed by atoms with E-state index in [-0.39, 0.29) is 40.9 Å². The van der Waals surface area contributed by atoms with E-state index in [0.717, 1.165) is 41.0 Å². The van der Waals surface area contributed by atoms with Gasteiger partial charge in [-0.15, -0.1) is 0 Å². The second kappa shape index (κ2) is 9.68. The molecule has 0 bridgehead atoms. The van der Waals surface area contributed by atoms with Crippen molar-refractivity contribution >= 4 is 17.1 Å². The summed E-state index contributed by atoms with van der Waals surface area (Å²) in [7, 11) is 0. The predicted molar refractivity (Wildman–Crippen MR) is 127 cm³/mol. The molecule has 1 fully saturated rings. The number of nitrogens with two attached hydrogens (primary N) is 2. The summed E-state index contributed by atoms with van der Waals surface area (Å²) >= 11 is 0. The Morgan fingerprint density at radius 2 is 1.83 bits per heavy atom. The highest BCUT2D eigenvalue weighted by molar-refractivity contribution is 5.75. The number of anilines is 3. The number of nitrogen functional groups attached to an aromatic ring is 1. The number of pyridine rings is 1. The second-order valence-electron chi connectivity index (χ2n) is 8.65. The molecule has 9 nitrogen and oxygen atoms in total. The van der Waals surface area contributed by atoms with E-state index in [9.17, 15) is 23.6 Å². The van der Waals surface area contributed by atoms with Gasteiger partial charge in [-0.05, 0) is 31.4 Å². The van der Waals surface area contributed by atoms with Crippen LogP contribution in [0.15, 0.2) is 40.2 Å². The van der Waals surface area contributed by atoms with Crippen molar-refractivity contribution in [2.45, 2.75) is 51.5 Å². The van der Waals surface area contributed by atoms with Crippen molar-refractivity contribution in [3.05, 3.63) is 74.3 Å². The van der Waals surface area contributed by atoms with Crippen LogP contribution in [0.3, 0.4) is 0 Å². The fourth-order valence-electron chi connectivity index (χ4n) is 4.66. The highest BCUT2D eigenvalue weighted by Gasteiger charge is 2.31. The van der Waals surface area contributed by atoms with Gasteiger partial charge < -0.3 is 5.73 Å². The van der Waals surface area contributed by atoms with Crippen LogP contribution >= 0.6 is 0 Å². The summed E-state index contributed by atoms with van der Waals surface area (Å²) in [6, 6.07) is 5.16. The van der Waals surface area contributed by atoms with Gasteiger partial charge in [0.1, 0.15) is 12.2 Å². The first-order valence-electron chi connectivity index (χ1n) is 11.2.